The molecule has 5 heterocycles. The second kappa shape index (κ2) is 9.85. The van der Waals surface area contributed by atoms with E-state index in [0.29, 0.717) is 0 Å². The van der Waals surface area contributed by atoms with Crippen LogP contribution in [-0.4, -0.2) is 58.1 Å². The quantitative estimate of drug-likeness (QED) is 0.316. The molecule has 2 aromatic carbocycles. The van der Waals surface area contributed by atoms with Crippen LogP contribution >= 0.6 is 11.3 Å². The number of carbonyl (C=O) groups is 1. The van der Waals surface area contributed by atoms with Crippen LogP contribution in [0.5, 0.6) is 0 Å². The monoisotopic (exact) mass is 534 g/mol. The number of hydrogen-bond acceptors (Lipinski definition) is 6. The van der Waals surface area contributed by atoms with Gasteiger partial charge < -0.3 is 19.3 Å². The lowest BCUT2D eigenvalue weighted by molar-refractivity contribution is 0.0751. The molecule has 0 aliphatic carbocycles. The van der Waals surface area contributed by atoms with E-state index >= 15 is 0 Å². The van der Waals surface area contributed by atoms with Crippen molar-refractivity contribution in [2.24, 2.45) is 7.05 Å². The van der Waals surface area contributed by atoms with E-state index in [4.69, 9.17) is 4.98 Å². The number of aromatic nitrogens is 3. The van der Waals surface area contributed by atoms with Gasteiger partial charge in [-0.25, -0.2) is 9.97 Å². The van der Waals surface area contributed by atoms with Gasteiger partial charge >= 0.3 is 0 Å². The Kier molecular flexibility index (Phi) is 6.04. The van der Waals surface area contributed by atoms with Crippen LogP contribution in [0.15, 0.2) is 79.0 Å². The van der Waals surface area contributed by atoms with Crippen molar-refractivity contribution in [1.29, 1.82) is 0 Å². The summed E-state index contributed by atoms with van der Waals surface area (Å²) in [6, 6.07) is 25.0. The molecule has 2 aliphatic heterocycles. The molecule has 0 spiro atoms. The topological polar surface area (TPSA) is 57.5 Å². The van der Waals surface area contributed by atoms with Gasteiger partial charge in [-0.05, 0) is 54.4 Å². The lowest BCUT2D eigenvalue weighted by Crippen LogP contribution is -2.48. The molecule has 5 aromatic rings. The lowest BCUT2D eigenvalue weighted by atomic mass is 10.1. The number of thiophene rings is 1. The highest BCUT2D eigenvalue weighted by molar-refractivity contribution is 7.14. The van der Waals surface area contributed by atoms with E-state index in [1.165, 1.54) is 16.1 Å². The SMILES string of the molecule is Cn1c(-c2cccc(N3CCc4sc(C(=O)N5CCN(c6ccccn6)CC5)cc4C3)c2)nc2ccccc21. The van der Waals surface area contributed by atoms with Crippen LogP contribution in [-0.2, 0) is 20.0 Å². The van der Waals surface area contributed by atoms with Crippen LogP contribution in [0, 0.1) is 0 Å². The van der Waals surface area contributed by atoms with Crippen molar-refractivity contribution < 1.29 is 4.79 Å². The number of amides is 1. The first-order valence-corrected chi connectivity index (χ1v) is 14.3. The number of para-hydroxylation sites is 2. The summed E-state index contributed by atoms with van der Waals surface area (Å²) < 4.78 is 2.16. The number of anilines is 2. The molecular weight excluding hydrogens is 504 g/mol. The Morgan fingerprint density at radius 2 is 1.72 bits per heavy atom. The molecule has 0 bridgehead atoms. The summed E-state index contributed by atoms with van der Waals surface area (Å²) in [5.74, 6) is 2.12. The van der Waals surface area contributed by atoms with Crippen molar-refractivity contribution in [2.75, 3.05) is 42.5 Å². The maximum absolute atomic E-state index is 13.4. The molecule has 39 heavy (non-hydrogen) atoms. The molecule has 8 heteroatoms. The van der Waals surface area contributed by atoms with Crippen molar-refractivity contribution in [3.63, 3.8) is 0 Å². The summed E-state index contributed by atoms with van der Waals surface area (Å²) in [6.07, 6.45) is 2.78. The first kappa shape index (κ1) is 23.9. The Hall–Kier alpha value is -4.17. The van der Waals surface area contributed by atoms with Gasteiger partial charge in [0.15, 0.2) is 0 Å². The molecule has 0 radical (unpaired) electrons. The van der Waals surface area contributed by atoms with Gasteiger partial charge in [-0.15, -0.1) is 11.3 Å². The number of pyridine rings is 1. The summed E-state index contributed by atoms with van der Waals surface area (Å²) in [5.41, 5.74) is 5.72. The Bertz CT molecular complexity index is 1650. The molecule has 0 N–H and O–H groups in total. The Labute approximate surface area is 231 Å². The third-order valence-corrected chi connectivity index (χ3v) is 9.10. The molecule has 1 amide bonds. The van der Waals surface area contributed by atoms with Gasteiger partial charge in [0.25, 0.3) is 5.91 Å². The fraction of sp³-hybridized carbons (Fsp3) is 0.258. The smallest absolute Gasteiger partial charge is 0.264 e. The minimum Gasteiger partial charge on any atom is -0.367 e. The molecular formula is C31H30N6OS. The minimum absolute atomic E-state index is 0.158. The van der Waals surface area contributed by atoms with Crippen molar-refractivity contribution >= 4 is 39.8 Å². The van der Waals surface area contributed by atoms with Gasteiger partial charge in [0.1, 0.15) is 11.6 Å². The van der Waals surface area contributed by atoms with Gasteiger partial charge in [0.2, 0.25) is 0 Å². The minimum atomic E-state index is 0.158. The summed E-state index contributed by atoms with van der Waals surface area (Å²) in [5, 5.41) is 0. The van der Waals surface area contributed by atoms with E-state index in [0.717, 1.165) is 78.8 Å². The summed E-state index contributed by atoms with van der Waals surface area (Å²) in [4.78, 5) is 31.6. The zero-order valence-corrected chi connectivity index (χ0v) is 22.8. The summed E-state index contributed by atoms with van der Waals surface area (Å²) in [7, 11) is 2.08. The third-order valence-electron chi connectivity index (χ3n) is 7.87. The van der Waals surface area contributed by atoms with Crippen LogP contribution in [0.1, 0.15) is 20.1 Å². The van der Waals surface area contributed by atoms with Gasteiger partial charge in [-0.2, -0.15) is 0 Å². The zero-order chi connectivity index (χ0) is 26.3. The Morgan fingerprint density at radius 3 is 2.54 bits per heavy atom. The van der Waals surface area contributed by atoms with E-state index in [9.17, 15) is 4.79 Å². The molecule has 1 fully saturated rings. The zero-order valence-electron chi connectivity index (χ0n) is 22.0. The number of rotatable bonds is 4. The first-order chi connectivity index (χ1) is 19.1. The molecule has 0 saturated carbocycles. The largest absolute Gasteiger partial charge is 0.367 e. The van der Waals surface area contributed by atoms with E-state index in [1.807, 2.05) is 35.4 Å². The number of benzene rings is 2. The molecule has 1 saturated heterocycles. The average molecular weight is 535 g/mol. The number of fused-ring (bicyclic) bond motifs is 2. The summed E-state index contributed by atoms with van der Waals surface area (Å²) in [6.45, 7) is 4.82. The maximum Gasteiger partial charge on any atom is 0.264 e. The Balaban J connectivity index is 1.06. The highest BCUT2D eigenvalue weighted by atomic mass is 32.1. The molecule has 2 aliphatic rings. The van der Waals surface area contributed by atoms with Gasteiger partial charge in [0, 0.05) is 68.6 Å². The maximum atomic E-state index is 13.4. The number of imidazole rings is 1. The van der Waals surface area contributed by atoms with Crippen molar-refractivity contribution in [2.45, 2.75) is 13.0 Å². The first-order valence-electron chi connectivity index (χ1n) is 13.5. The van der Waals surface area contributed by atoms with Crippen LogP contribution < -0.4 is 9.80 Å². The molecule has 7 rings (SSSR count). The normalized spacial score (nSPS) is 15.6. The van der Waals surface area contributed by atoms with E-state index in [2.05, 4.69) is 74.9 Å². The molecule has 196 valence electrons. The fourth-order valence-electron chi connectivity index (χ4n) is 5.74. The van der Waals surface area contributed by atoms with Crippen molar-refractivity contribution in [1.82, 2.24) is 19.4 Å². The molecule has 7 nitrogen and oxygen atoms in total. The summed E-state index contributed by atoms with van der Waals surface area (Å²) >= 11 is 1.68. The van der Waals surface area contributed by atoms with Crippen LogP contribution in [0.4, 0.5) is 11.5 Å². The molecule has 3 aromatic heterocycles. The predicted molar refractivity (Wildman–Crippen MR) is 158 cm³/mol. The number of piperazine rings is 1. The fourth-order valence-corrected chi connectivity index (χ4v) is 6.87. The molecule has 0 atom stereocenters. The standard InChI is InChI=1S/C31H30N6OS/c1-34-26-10-3-2-9-25(26)33-30(34)22-7-6-8-24(19-22)37-14-12-27-23(21-37)20-28(39-27)31(38)36-17-15-35(16-18-36)29-11-4-5-13-32-29/h2-11,13,19-20H,12,14-18,21H2,1H3. The second-order valence-corrected chi connectivity index (χ2v) is 11.4. The van der Waals surface area contributed by atoms with Crippen LogP contribution in [0.25, 0.3) is 22.4 Å². The number of hydrogen-bond donors (Lipinski definition) is 0. The van der Waals surface area contributed by atoms with Crippen molar-refractivity contribution in [3.8, 4) is 11.4 Å². The van der Waals surface area contributed by atoms with Gasteiger partial charge in [0.05, 0.1) is 15.9 Å². The number of carbonyl (C=O) groups excluding carboxylic acids is 1. The number of aryl methyl sites for hydroxylation is 1. The predicted octanol–water partition coefficient (Wildman–Crippen LogP) is 5.22. The highest BCUT2D eigenvalue weighted by Crippen LogP contribution is 2.33. The van der Waals surface area contributed by atoms with Gasteiger partial charge in [-0.3, -0.25) is 4.79 Å². The van der Waals surface area contributed by atoms with Crippen LogP contribution in [0.3, 0.4) is 0 Å². The third kappa shape index (κ3) is 4.44. The second-order valence-electron chi connectivity index (χ2n) is 10.2. The van der Waals surface area contributed by atoms with E-state index < -0.39 is 0 Å². The Morgan fingerprint density at radius 1 is 0.872 bits per heavy atom. The van der Waals surface area contributed by atoms with Crippen LogP contribution in [0.2, 0.25) is 0 Å². The van der Waals surface area contributed by atoms with E-state index in [-0.39, 0.29) is 5.91 Å². The highest BCUT2D eigenvalue weighted by Gasteiger charge is 2.27. The van der Waals surface area contributed by atoms with E-state index in [1.54, 1.807) is 11.3 Å². The van der Waals surface area contributed by atoms with Gasteiger partial charge in [-0.1, -0.05) is 30.3 Å². The number of nitrogens with zero attached hydrogens (tertiary/aromatic N) is 6. The lowest BCUT2D eigenvalue weighted by Gasteiger charge is -2.35. The average Bonchev–Trinajstić information content (AvgIpc) is 3.58. The van der Waals surface area contributed by atoms with Crippen molar-refractivity contribution in [3.05, 3.63) is 94.3 Å². The molecule has 0 unspecified atom stereocenters.